The van der Waals surface area contributed by atoms with E-state index in [1.54, 1.807) is 12.1 Å². The molecule has 2 rings (SSSR count). The highest BCUT2D eigenvalue weighted by Gasteiger charge is 2.12. The number of likely N-dealkylation sites (N-methyl/N-ethyl adjacent to an activating group) is 1. The van der Waals surface area contributed by atoms with Gasteiger partial charge in [-0.05, 0) is 19.1 Å². The maximum atomic E-state index is 12.0. The summed E-state index contributed by atoms with van der Waals surface area (Å²) in [5, 5.41) is 5.94. The second-order valence-electron chi connectivity index (χ2n) is 4.35. The number of carbonyl (C=O) groups is 2. The SMILES string of the molecule is CCNC(=O)CNC(=O)c1cc(NN)c2ccccc2n1. The highest BCUT2D eigenvalue weighted by molar-refractivity contribution is 6.00. The number of nitrogens with two attached hydrogens (primary N) is 1. The number of hydrogen-bond acceptors (Lipinski definition) is 5. The zero-order chi connectivity index (χ0) is 15.2. The van der Waals surface area contributed by atoms with Crippen LogP contribution in [-0.4, -0.2) is 29.9 Å². The van der Waals surface area contributed by atoms with Crippen LogP contribution in [0.1, 0.15) is 17.4 Å². The van der Waals surface area contributed by atoms with Gasteiger partial charge in [0, 0.05) is 11.9 Å². The number of nitrogens with one attached hydrogen (secondary N) is 3. The van der Waals surface area contributed by atoms with Crippen LogP contribution >= 0.6 is 0 Å². The van der Waals surface area contributed by atoms with Crippen LogP contribution in [0.25, 0.3) is 10.9 Å². The Hall–Kier alpha value is -2.67. The molecule has 0 fully saturated rings. The third-order valence-corrected chi connectivity index (χ3v) is 2.89. The minimum Gasteiger partial charge on any atom is -0.355 e. The number of rotatable bonds is 5. The van der Waals surface area contributed by atoms with Crippen molar-refractivity contribution < 1.29 is 9.59 Å². The second kappa shape index (κ2) is 6.67. The van der Waals surface area contributed by atoms with Crippen LogP contribution in [0.5, 0.6) is 0 Å². The third-order valence-electron chi connectivity index (χ3n) is 2.89. The minimum atomic E-state index is -0.427. The Balaban J connectivity index is 2.21. The summed E-state index contributed by atoms with van der Waals surface area (Å²) in [6.45, 7) is 2.24. The maximum absolute atomic E-state index is 12.0. The molecule has 2 amide bonds. The summed E-state index contributed by atoms with van der Waals surface area (Å²) in [7, 11) is 0. The number of benzene rings is 1. The lowest BCUT2D eigenvalue weighted by Crippen LogP contribution is -2.37. The third kappa shape index (κ3) is 3.46. The minimum absolute atomic E-state index is 0.0907. The number of amides is 2. The number of hydrazine groups is 1. The zero-order valence-electron chi connectivity index (χ0n) is 11.6. The molecule has 7 nitrogen and oxygen atoms in total. The predicted octanol–water partition coefficient (Wildman–Crippen LogP) is 0.386. The molecule has 0 saturated heterocycles. The van der Waals surface area contributed by atoms with Crippen molar-refractivity contribution in [3.8, 4) is 0 Å². The van der Waals surface area contributed by atoms with Gasteiger partial charge in [-0.3, -0.25) is 15.4 Å². The molecule has 0 spiro atoms. The van der Waals surface area contributed by atoms with Gasteiger partial charge >= 0.3 is 0 Å². The molecule has 0 aliphatic heterocycles. The van der Waals surface area contributed by atoms with Crippen LogP contribution in [0.3, 0.4) is 0 Å². The number of pyridine rings is 1. The summed E-state index contributed by atoms with van der Waals surface area (Å²) >= 11 is 0. The Morgan fingerprint density at radius 1 is 1.24 bits per heavy atom. The topological polar surface area (TPSA) is 109 Å². The standard InChI is InChI=1S/C14H17N5O2/c1-2-16-13(20)8-17-14(21)12-7-11(19-15)9-5-3-4-6-10(9)18-12/h3-7H,2,8,15H2,1H3,(H,16,20)(H,17,21)(H,18,19). The van der Waals surface area contributed by atoms with Gasteiger partial charge in [-0.25, -0.2) is 4.98 Å². The lowest BCUT2D eigenvalue weighted by atomic mass is 10.1. The first kappa shape index (κ1) is 14.7. The summed E-state index contributed by atoms with van der Waals surface area (Å²) in [5.74, 6) is 4.80. The summed E-state index contributed by atoms with van der Waals surface area (Å²) in [6, 6.07) is 8.88. The van der Waals surface area contributed by atoms with E-state index >= 15 is 0 Å². The lowest BCUT2D eigenvalue weighted by molar-refractivity contribution is -0.120. The van der Waals surface area contributed by atoms with Crippen LogP contribution in [0, 0.1) is 0 Å². The average Bonchev–Trinajstić information content (AvgIpc) is 2.51. The number of anilines is 1. The number of fused-ring (bicyclic) bond motifs is 1. The van der Waals surface area contributed by atoms with Crippen molar-refractivity contribution in [1.29, 1.82) is 0 Å². The van der Waals surface area contributed by atoms with Crippen LogP contribution in [0.4, 0.5) is 5.69 Å². The molecule has 0 aliphatic rings. The van der Waals surface area contributed by atoms with Crippen LogP contribution < -0.4 is 21.9 Å². The Kier molecular flexibility index (Phi) is 4.68. The molecule has 7 heteroatoms. The van der Waals surface area contributed by atoms with Gasteiger partial charge in [-0.2, -0.15) is 0 Å². The fourth-order valence-electron chi connectivity index (χ4n) is 1.92. The smallest absolute Gasteiger partial charge is 0.270 e. The van der Waals surface area contributed by atoms with Gasteiger partial charge < -0.3 is 16.1 Å². The van der Waals surface area contributed by atoms with Gasteiger partial charge in [0.2, 0.25) is 5.91 Å². The van der Waals surface area contributed by atoms with E-state index in [0.717, 1.165) is 5.39 Å². The quantitative estimate of drug-likeness (QED) is 0.470. The Bertz CT molecular complexity index is 671. The van der Waals surface area contributed by atoms with E-state index in [-0.39, 0.29) is 18.1 Å². The molecule has 1 aromatic heterocycles. The number of para-hydroxylation sites is 1. The van der Waals surface area contributed by atoms with E-state index in [4.69, 9.17) is 5.84 Å². The molecule has 0 unspecified atom stereocenters. The van der Waals surface area contributed by atoms with Crippen molar-refractivity contribution in [2.75, 3.05) is 18.5 Å². The first-order chi connectivity index (χ1) is 10.2. The van der Waals surface area contributed by atoms with E-state index in [2.05, 4.69) is 21.0 Å². The number of hydrogen-bond donors (Lipinski definition) is 4. The first-order valence-corrected chi connectivity index (χ1v) is 6.57. The molecule has 5 N–H and O–H groups in total. The Labute approximate surface area is 121 Å². The molecule has 0 radical (unpaired) electrons. The predicted molar refractivity (Wildman–Crippen MR) is 80.6 cm³/mol. The van der Waals surface area contributed by atoms with E-state index < -0.39 is 5.91 Å². The number of nitrogen functional groups attached to an aromatic ring is 1. The molecule has 110 valence electrons. The van der Waals surface area contributed by atoms with Crippen LogP contribution in [0.2, 0.25) is 0 Å². The summed E-state index contributed by atoms with van der Waals surface area (Å²) < 4.78 is 0. The maximum Gasteiger partial charge on any atom is 0.270 e. The molecule has 1 heterocycles. The second-order valence-corrected chi connectivity index (χ2v) is 4.35. The van der Waals surface area contributed by atoms with Crippen molar-refractivity contribution in [3.05, 3.63) is 36.0 Å². The molecule has 0 aliphatic carbocycles. The van der Waals surface area contributed by atoms with Crippen LogP contribution in [0.15, 0.2) is 30.3 Å². The van der Waals surface area contributed by atoms with E-state index in [1.165, 1.54) is 0 Å². The summed E-state index contributed by atoms with van der Waals surface area (Å²) in [4.78, 5) is 27.6. The van der Waals surface area contributed by atoms with Crippen LogP contribution in [-0.2, 0) is 4.79 Å². The van der Waals surface area contributed by atoms with Crippen molar-refractivity contribution in [3.63, 3.8) is 0 Å². The monoisotopic (exact) mass is 287 g/mol. The molecule has 1 aromatic carbocycles. The average molecular weight is 287 g/mol. The van der Waals surface area contributed by atoms with E-state index in [9.17, 15) is 9.59 Å². The molecular formula is C14H17N5O2. The van der Waals surface area contributed by atoms with E-state index in [1.807, 2.05) is 25.1 Å². The van der Waals surface area contributed by atoms with Gasteiger partial charge in [0.1, 0.15) is 5.69 Å². The van der Waals surface area contributed by atoms with Gasteiger partial charge in [0.25, 0.3) is 5.91 Å². The Morgan fingerprint density at radius 3 is 2.71 bits per heavy atom. The molecule has 0 saturated carbocycles. The normalized spacial score (nSPS) is 10.2. The molecular weight excluding hydrogens is 270 g/mol. The van der Waals surface area contributed by atoms with E-state index in [0.29, 0.717) is 17.7 Å². The van der Waals surface area contributed by atoms with Crippen molar-refractivity contribution in [2.45, 2.75) is 6.92 Å². The highest BCUT2D eigenvalue weighted by Crippen LogP contribution is 2.22. The number of aromatic nitrogens is 1. The van der Waals surface area contributed by atoms with Gasteiger partial charge in [0.15, 0.2) is 0 Å². The van der Waals surface area contributed by atoms with Gasteiger partial charge in [0.05, 0.1) is 17.7 Å². The number of carbonyl (C=O) groups excluding carboxylic acids is 2. The lowest BCUT2D eigenvalue weighted by Gasteiger charge is -2.09. The molecule has 0 bridgehead atoms. The fraction of sp³-hybridized carbons (Fsp3) is 0.214. The highest BCUT2D eigenvalue weighted by atomic mass is 16.2. The van der Waals surface area contributed by atoms with Gasteiger partial charge in [-0.15, -0.1) is 0 Å². The molecule has 2 aromatic rings. The van der Waals surface area contributed by atoms with Crippen molar-refractivity contribution >= 4 is 28.4 Å². The summed E-state index contributed by atoms with van der Waals surface area (Å²) in [5.41, 5.74) is 4.00. The first-order valence-electron chi connectivity index (χ1n) is 6.57. The Morgan fingerprint density at radius 2 is 2.00 bits per heavy atom. The van der Waals surface area contributed by atoms with Gasteiger partial charge in [-0.1, -0.05) is 18.2 Å². The molecule has 21 heavy (non-hydrogen) atoms. The zero-order valence-corrected chi connectivity index (χ0v) is 11.6. The van der Waals surface area contributed by atoms with Crippen molar-refractivity contribution in [2.24, 2.45) is 5.84 Å². The molecule has 0 atom stereocenters. The fourth-order valence-corrected chi connectivity index (χ4v) is 1.92. The largest absolute Gasteiger partial charge is 0.355 e. The number of nitrogens with zero attached hydrogens (tertiary/aromatic N) is 1. The van der Waals surface area contributed by atoms with Crippen molar-refractivity contribution in [1.82, 2.24) is 15.6 Å². The summed E-state index contributed by atoms with van der Waals surface area (Å²) in [6.07, 6.45) is 0.